The predicted molar refractivity (Wildman–Crippen MR) is 93.0 cm³/mol. The molecule has 1 unspecified atom stereocenters. The number of morpholine rings is 1. The van der Waals surface area contributed by atoms with E-state index in [2.05, 4.69) is 0 Å². The first kappa shape index (κ1) is 17.4. The molecule has 1 atom stereocenters. The van der Waals surface area contributed by atoms with E-state index in [9.17, 15) is 9.18 Å². The number of ether oxygens (including phenoxy) is 2. The van der Waals surface area contributed by atoms with Crippen LogP contribution in [0.15, 0.2) is 48.5 Å². The van der Waals surface area contributed by atoms with Crippen molar-refractivity contribution in [2.24, 2.45) is 0 Å². The zero-order chi connectivity index (χ0) is 17.6. The molecule has 4 nitrogen and oxygen atoms in total. The van der Waals surface area contributed by atoms with Gasteiger partial charge in [0.1, 0.15) is 11.6 Å². The van der Waals surface area contributed by atoms with Crippen LogP contribution in [-0.2, 0) is 16.0 Å². The third-order valence-corrected chi connectivity index (χ3v) is 4.49. The quantitative estimate of drug-likeness (QED) is 0.835. The minimum atomic E-state index is -0.280. The smallest absolute Gasteiger partial charge is 0.223 e. The minimum Gasteiger partial charge on any atom is -0.497 e. The van der Waals surface area contributed by atoms with Crippen molar-refractivity contribution in [2.45, 2.75) is 18.9 Å². The first-order chi connectivity index (χ1) is 12.2. The van der Waals surface area contributed by atoms with E-state index in [0.717, 1.165) is 16.9 Å². The van der Waals surface area contributed by atoms with Crippen LogP contribution in [0, 0.1) is 5.82 Å². The molecular weight excluding hydrogens is 321 g/mol. The second kappa shape index (κ2) is 8.12. The number of carbonyl (C=O) groups excluding carboxylic acids is 1. The molecule has 1 amide bonds. The van der Waals surface area contributed by atoms with Gasteiger partial charge in [0.2, 0.25) is 5.91 Å². The number of hydrogen-bond donors (Lipinski definition) is 0. The lowest BCUT2D eigenvalue weighted by molar-refractivity contribution is -0.140. The largest absolute Gasteiger partial charge is 0.497 e. The average Bonchev–Trinajstić information content (AvgIpc) is 2.67. The fourth-order valence-corrected chi connectivity index (χ4v) is 3.05. The van der Waals surface area contributed by atoms with Gasteiger partial charge in [-0.2, -0.15) is 0 Å². The number of halogens is 1. The first-order valence-corrected chi connectivity index (χ1v) is 8.43. The van der Waals surface area contributed by atoms with E-state index in [0.29, 0.717) is 32.6 Å². The molecule has 25 heavy (non-hydrogen) atoms. The van der Waals surface area contributed by atoms with Crippen molar-refractivity contribution in [3.8, 4) is 5.75 Å². The van der Waals surface area contributed by atoms with Gasteiger partial charge in [0.15, 0.2) is 0 Å². The van der Waals surface area contributed by atoms with Crippen LogP contribution in [0.3, 0.4) is 0 Å². The van der Waals surface area contributed by atoms with E-state index in [4.69, 9.17) is 9.47 Å². The fourth-order valence-electron chi connectivity index (χ4n) is 3.05. The van der Waals surface area contributed by atoms with Gasteiger partial charge in [0.25, 0.3) is 0 Å². The molecule has 3 rings (SSSR count). The average molecular weight is 343 g/mol. The van der Waals surface area contributed by atoms with Crippen molar-refractivity contribution >= 4 is 5.91 Å². The molecule has 1 aliphatic heterocycles. The SMILES string of the molecule is COc1ccc(CCC(=O)N2CCOCC2c2ccc(F)cc2)cc1. The van der Waals surface area contributed by atoms with Crippen LogP contribution in [0.4, 0.5) is 4.39 Å². The molecule has 0 N–H and O–H groups in total. The Morgan fingerprint density at radius 2 is 1.92 bits per heavy atom. The first-order valence-electron chi connectivity index (χ1n) is 8.43. The Hall–Kier alpha value is -2.40. The number of amides is 1. The van der Waals surface area contributed by atoms with Crippen LogP contribution < -0.4 is 4.74 Å². The number of carbonyl (C=O) groups is 1. The van der Waals surface area contributed by atoms with E-state index in [1.54, 1.807) is 19.2 Å². The molecule has 5 heteroatoms. The standard InChI is InChI=1S/C20H22FNO3/c1-24-18-9-2-15(3-10-18)4-11-20(23)22-12-13-25-14-19(22)16-5-7-17(21)8-6-16/h2-3,5-10,19H,4,11-14H2,1H3. The van der Waals surface area contributed by atoms with E-state index < -0.39 is 0 Å². The summed E-state index contributed by atoms with van der Waals surface area (Å²) in [5.41, 5.74) is 2.00. The summed E-state index contributed by atoms with van der Waals surface area (Å²) in [6.07, 6.45) is 1.11. The summed E-state index contributed by atoms with van der Waals surface area (Å²) in [5, 5.41) is 0. The van der Waals surface area contributed by atoms with Crippen LogP contribution in [-0.4, -0.2) is 37.7 Å². The molecule has 0 aromatic heterocycles. The Morgan fingerprint density at radius 1 is 1.20 bits per heavy atom. The van der Waals surface area contributed by atoms with E-state index in [1.807, 2.05) is 29.2 Å². The number of rotatable bonds is 5. The highest BCUT2D eigenvalue weighted by Crippen LogP contribution is 2.25. The van der Waals surface area contributed by atoms with Crippen molar-refractivity contribution in [2.75, 3.05) is 26.9 Å². The lowest BCUT2D eigenvalue weighted by atomic mass is 10.0. The summed E-state index contributed by atoms with van der Waals surface area (Å²) in [5.74, 6) is 0.617. The van der Waals surface area contributed by atoms with Crippen LogP contribution in [0.5, 0.6) is 5.75 Å². The second-order valence-corrected chi connectivity index (χ2v) is 6.08. The van der Waals surface area contributed by atoms with Crippen LogP contribution >= 0.6 is 0 Å². The predicted octanol–water partition coefficient (Wildman–Crippen LogP) is 3.37. The Labute approximate surface area is 147 Å². The molecule has 2 aromatic rings. The maximum Gasteiger partial charge on any atom is 0.223 e. The fraction of sp³-hybridized carbons (Fsp3) is 0.350. The van der Waals surface area contributed by atoms with Gasteiger partial charge in [-0.25, -0.2) is 4.39 Å². The van der Waals surface area contributed by atoms with Gasteiger partial charge in [-0.05, 0) is 41.8 Å². The topological polar surface area (TPSA) is 38.8 Å². The summed E-state index contributed by atoms with van der Waals surface area (Å²) in [6, 6.07) is 13.9. The highest BCUT2D eigenvalue weighted by atomic mass is 19.1. The highest BCUT2D eigenvalue weighted by molar-refractivity contribution is 5.77. The molecule has 0 aliphatic carbocycles. The van der Waals surface area contributed by atoms with Crippen molar-refractivity contribution in [1.82, 2.24) is 4.90 Å². The number of methoxy groups -OCH3 is 1. The van der Waals surface area contributed by atoms with Crippen molar-refractivity contribution in [3.63, 3.8) is 0 Å². The van der Waals surface area contributed by atoms with Gasteiger partial charge in [-0.1, -0.05) is 24.3 Å². The molecule has 1 saturated heterocycles. The number of nitrogens with zero attached hydrogens (tertiary/aromatic N) is 1. The Bertz CT molecular complexity index is 700. The van der Waals surface area contributed by atoms with Crippen molar-refractivity contribution < 1.29 is 18.7 Å². The Morgan fingerprint density at radius 3 is 2.60 bits per heavy atom. The second-order valence-electron chi connectivity index (χ2n) is 6.08. The van der Waals surface area contributed by atoms with Gasteiger partial charge in [-0.3, -0.25) is 4.79 Å². The monoisotopic (exact) mass is 343 g/mol. The molecule has 132 valence electrons. The summed E-state index contributed by atoms with van der Waals surface area (Å²) in [4.78, 5) is 14.6. The number of hydrogen-bond acceptors (Lipinski definition) is 3. The third kappa shape index (κ3) is 4.37. The molecule has 0 radical (unpaired) electrons. The molecule has 0 bridgehead atoms. The molecule has 1 aliphatic rings. The maximum atomic E-state index is 13.2. The zero-order valence-electron chi connectivity index (χ0n) is 14.3. The van der Waals surface area contributed by atoms with Crippen LogP contribution in [0.25, 0.3) is 0 Å². The van der Waals surface area contributed by atoms with Gasteiger partial charge in [0.05, 0.1) is 26.4 Å². The summed E-state index contributed by atoms with van der Waals surface area (Å²) >= 11 is 0. The zero-order valence-corrected chi connectivity index (χ0v) is 14.3. The van der Waals surface area contributed by atoms with Crippen LogP contribution in [0.1, 0.15) is 23.6 Å². The highest BCUT2D eigenvalue weighted by Gasteiger charge is 2.28. The summed E-state index contributed by atoms with van der Waals surface area (Å²) in [7, 11) is 1.63. The van der Waals surface area contributed by atoms with Gasteiger partial charge < -0.3 is 14.4 Å². The Balaban J connectivity index is 1.64. The van der Waals surface area contributed by atoms with Gasteiger partial charge in [-0.15, -0.1) is 0 Å². The lowest BCUT2D eigenvalue weighted by Gasteiger charge is -2.36. The lowest BCUT2D eigenvalue weighted by Crippen LogP contribution is -2.43. The van der Waals surface area contributed by atoms with Gasteiger partial charge in [0, 0.05) is 13.0 Å². The summed E-state index contributed by atoms with van der Waals surface area (Å²) < 4.78 is 23.8. The molecule has 0 saturated carbocycles. The number of aryl methyl sites for hydroxylation is 1. The Kier molecular flexibility index (Phi) is 5.66. The normalized spacial score (nSPS) is 17.4. The van der Waals surface area contributed by atoms with E-state index in [1.165, 1.54) is 12.1 Å². The van der Waals surface area contributed by atoms with Crippen molar-refractivity contribution in [3.05, 3.63) is 65.5 Å². The molecule has 1 fully saturated rings. The van der Waals surface area contributed by atoms with Gasteiger partial charge >= 0.3 is 0 Å². The minimum absolute atomic E-state index is 0.0912. The molecular formula is C20H22FNO3. The van der Waals surface area contributed by atoms with Crippen LogP contribution in [0.2, 0.25) is 0 Å². The molecule has 0 spiro atoms. The van der Waals surface area contributed by atoms with E-state index >= 15 is 0 Å². The van der Waals surface area contributed by atoms with E-state index in [-0.39, 0.29) is 17.8 Å². The number of benzene rings is 2. The third-order valence-electron chi connectivity index (χ3n) is 4.49. The maximum absolute atomic E-state index is 13.2. The molecule has 2 aromatic carbocycles. The molecule has 1 heterocycles. The summed E-state index contributed by atoms with van der Waals surface area (Å²) in [6.45, 7) is 1.54. The van der Waals surface area contributed by atoms with Crippen molar-refractivity contribution in [1.29, 1.82) is 0 Å².